The number of nitrogens with two attached hydrogens (primary N) is 1. The van der Waals surface area contributed by atoms with Crippen LogP contribution in [-0.4, -0.2) is 20.8 Å². The van der Waals surface area contributed by atoms with Crippen molar-refractivity contribution in [1.29, 1.82) is 0 Å². The molecule has 2 aromatic rings. The third kappa shape index (κ3) is 3.28. The summed E-state index contributed by atoms with van der Waals surface area (Å²) in [4.78, 5) is 1.35. The standard InChI is InChI=1S/C15H19NO2S/c1-17-14-6-5-11(9-15(14)18-2)12(10-16)8-13-4-3-7-19-13/h3-7,9,12H,8,10,16H2,1-2H3. The van der Waals surface area contributed by atoms with Crippen molar-refractivity contribution in [3.05, 3.63) is 46.2 Å². The first-order valence-electron chi connectivity index (χ1n) is 6.22. The molecule has 0 fully saturated rings. The lowest BCUT2D eigenvalue weighted by Gasteiger charge is -2.16. The molecule has 0 spiro atoms. The van der Waals surface area contributed by atoms with Crippen LogP contribution in [-0.2, 0) is 6.42 Å². The smallest absolute Gasteiger partial charge is 0.160 e. The molecule has 4 heteroatoms. The second kappa shape index (κ2) is 6.59. The van der Waals surface area contributed by atoms with E-state index in [1.165, 1.54) is 10.4 Å². The predicted octanol–water partition coefficient (Wildman–Crippen LogP) is 3.05. The lowest BCUT2D eigenvalue weighted by Crippen LogP contribution is -2.14. The van der Waals surface area contributed by atoms with Gasteiger partial charge in [-0.1, -0.05) is 12.1 Å². The van der Waals surface area contributed by atoms with Gasteiger partial charge in [-0.15, -0.1) is 11.3 Å². The molecule has 1 atom stereocenters. The Morgan fingerprint density at radius 3 is 2.53 bits per heavy atom. The Kier molecular flexibility index (Phi) is 4.82. The maximum absolute atomic E-state index is 5.92. The molecule has 0 aliphatic heterocycles. The average Bonchev–Trinajstić information content (AvgIpc) is 2.97. The number of hydrogen-bond acceptors (Lipinski definition) is 4. The van der Waals surface area contributed by atoms with Gasteiger partial charge in [-0.3, -0.25) is 0 Å². The summed E-state index contributed by atoms with van der Waals surface area (Å²) in [5.41, 5.74) is 7.10. The molecule has 1 aromatic carbocycles. The quantitative estimate of drug-likeness (QED) is 0.882. The number of ether oxygens (including phenoxy) is 2. The average molecular weight is 277 g/mol. The van der Waals surface area contributed by atoms with E-state index in [0.717, 1.165) is 17.9 Å². The molecule has 1 heterocycles. The summed E-state index contributed by atoms with van der Waals surface area (Å²) in [5.74, 6) is 1.81. The van der Waals surface area contributed by atoms with Crippen LogP contribution in [0.25, 0.3) is 0 Å². The van der Waals surface area contributed by atoms with Gasteiger partial charge in [0.15, 0.2) is 11.5 Å². The zero-order valence-electron chi connectivity index (χ0n) is 11.3. The van der Waals surface area contributed by atoms with E-state index in [-0.39, 0.29) is 0 Å². The number of hydrogen-bond donors (Lipinski definition) is 1. The molecular formula is C15H19NO2S. The maximum Gasteiger partial charge on any atom is 0.160 e. The van der Waals surface area contributed by atoms with E-state index in [1.54, 1.807) is 25.6 Å². The number of benzene rings is 1. The Hall–Kier alpha value is -1.52. The molecule has 2 N–H and O–H groups in total. The Morgan fingerprint density at radius 1 is 1.16 bits per heavy atom. The second-order valence-corrected chi connectivity index (χ2v) is 5.36. The summed E-state index contributed by atoms with van der Waals surface area (Å²) >= 11 is 1.77. The van der Waals surface area contributed by atoms with Crippen molar-refractivity contribution in [2.45, 2.75) is 12.3 Å². The third-order valence-corrected chi connectivity index (χ3v) is 4.09. The summed E-state index contributed by atoms with van der Waals surface area (Å²) < 4.78 is 10.6. The van der Waals surface area contributed by atoms with Crippen molar-refractivity contribution in [1.82, 2.24) is 0 Å². The number of thiophene rings is 1. The van der Waals surface area contributed by atoms with Crippen LogP contribution in [0, 0.1) is 0 Å². The molecule has 0 radical (unpaired) electrons. The van der Waals surface area contributed by atoms with Gasteiger partial charge in [0, 0.05) is 10.8 Å². The molecular weight excluding hydrogens is 258 g/mol. The van der Waals surface area contributed by atoms with E-state index in [1.807, 2.05) is 12.1 Å². The largest absolute Gasteiger partial charge is 0.493 e. The molecule has 0 aliphatic carbocycles. The highest BCUT2D eigenvalue weighted by Gasteiger charge is 2.14. The van der Waals surface area contributed by atoms with E-state index < -0.39 is 0 Å². The number of rotatable bonds is 6. The Morgan fingerprint density at radius 2 is 1.95 bits per heavy atom. The first-order chi connectivity index (χ1) is 9.28. The molecule has 0 amide bonds. The van der Waals surface area contributed by atoms with Gasteiger partial charge in [-0.2, -0.15) is 0 Å². The summed E-state index contributed by atoms with van der Waals surface area (Å²) in [6.45, 7) is 0.618. The zero-order valence-corrected chi connectivity index (χ0v) is 12.1. The molecule has 0 bridgehead atoms. The van der Waals surface area contributed by atoms with Crippen LogP contribution in [0.5, 0.6) is 11.5 Å². The summed E-state index contributed by atoms with van der Waals surface area (Å²) in [6, 6.07) is 10.2. The Balaban J connectivity index is 2.23. The highest BCUT2D eigenvalue weighted by atomic mass is 32.1. The monoisotopic (exact) mass is 277 g/mol. The van der Waals surface area contributed by atoms with Crippen LogP contribution >= 0.6 is 11.3 Å². The molecule has 2 rings (SSSR count). The minimum Gasteiger partial charge on any atom is -0.493 e. The van der Waals surface area contributed by atoms with Crippen molar-refractivity contribution in [3.8, 4) is 11.5 Å². The van der Waals surface area contributed by atoms with E-state index in [9.17, 15) is 0 Å². The normalized spacial score (nSPS) is 12.2. The molecule has 1 aromatic heterocycles. The molecule has 0 aliphatic rings. The second-order valence-electron chi connectivity index (χ2n) is 4.33. The van der Waals surface area contributed by atoms with E-state index in [4.69, 9.17) is 15.2 Å². The summed E-state index contributed by atoms with van der Waals surface area (Å²) in [6.07, 6.45) is 0.962. The Bertz CT molecular complexity index is 511. The highest BCUT2D eigenvalue weighted by molar-refractivity contribution is 7.09. The fourth-order valence-corrected chi connectivity index (χ4v) is 2.90. The zero-order chi connectivity index (χ0) is 13.7. The van der Waals surface area contributed by atoms with Gasteiger partial charge >= 0.3 is 0 Å². The molecule has 102 valence electrons. The first-order valence-corrected chi connectivity index (χ1v) is 7.10. The first kappa shape index (κ1) is 13.9. The van der Waals surface area contributed by atoms with Gasteiger partial charge in [-0.05, 0) is 42.1 Å². The molecule has 0 saturated carbocycles. The van der Waals surface area contributed by atoms with E-state index >= 15 is 0 Å². The van der Waals surface area contributed by atoms with Gasteiger partial charge in [0.1, 0.15) is 0 Å². The molecule has 1 unspecified atom stereocenters. The van der Waals surface area contributed by atoms with Gasteiger partial charge in [-0.25, -0.2) is 0 Å². The van der Waals surface area contributed by atoms with Crippen molar-refractivity contribution in [3.63, 3.8) is 0 Å². The predicted molar refractivity (Wildman–Crippen MR) is 79.4 cm³/mol. The summed E-state index contributed by atoms with van der Waals surface area (Å²) in [7, 11) is 3.29. The number of methoxy groups -OCH3 is 2. The van der Waals surface area contributed by atoms with Crippen LogP contribution in [0.1, 0.15) is 16.4 Å². The van der Waals surface area contributed by atoms with E-state index in [0.29, 0.717) is 12.5 Å². The van der Waals surface area contributed by atoms with Crippen molar-refractivity contribution in [2.75, 3.05) is 20.8 Å². The van der Waals surface area contributed by atoms with Crippen LogP contribution in [0.4, 0.5) is 0 Å². The van der Waals surface area contributed by atoms with Gasteiger partial charge in [0.05, 0.1) is 14.2 Å². The highest BCUT2D eigenvalue weighted by Crippen LogP contribution is 2.32. The fraction of sp³-hybridized carbons (Fsp3) is 0.333. The molecule has 3 nitrogen and oxygen atoms in total. The summed E-state index contributed by atoms with van der Waals surface area (Å²) in [5, 5.41) is 2.09. The molecule has 19 heavy (non-hydrogen) atoms. The van der Waals surface area contributed by atoms with Gasteiger partial charge < -0.3 is 15.2 Å². The van der Waals surface area contributed by atoms with Crippen molar-refractivity contribution < 1.29 is 9.47 Å². The minimum atomic E-state index is 0.304. The topological polar surface area (TPSA) is 44.5 Å². The van der Waals surface area contributed by atoms with Crippen LogP contribution in [0.3, 0.4) is 0 Å². The van der Waals surface area contributed by atoms with Gasteiger partial charge in [0.25, 0.3) is 0 Å². The van der Waals surface area contributed by atoms with Gasteiger partial charge in [0.2, 0.25) is 0 Å². The van der Waals surface area contributed by atoms with Crippen molar-refractivity contribution >= 4 is 11.3 Å². The Labute approximate surface area is 118 Å². The van der Waals surface area contributed by atoms with E-state index in [2.05, 4.69) is 23.6 Å². The third-order valence-electron chi connectivity index (χ3n) is 3.19. The lowest BCUT2D eigenvalue weighted by atomic mass is 9.95. The molecule has 0 saturated heterocycles. The maximum atomic E-state index is 5.92. The van der Waals surface area contributed by atoms with Crippen LogP contribution < -0.4 is 15.2 Å². The fourth-order valence-electron chi connectivity index (χ4n) is 2.12. The van der Waals surface area contributed by atoms with Crippen LogP contribution in [0.2, 0.25) is 0 Å². The SMILES string of the molecule is COc1ccc(C(CN)Cc2cccs2)cc1OC. The van der Waals surface area contributed by atoms with Crippen LogP contribution in [0.15, 0.2) is 35.7 Å². The minimum absolute atomic E-state index is 0.304. The van der Waals surface area contributed by atoms with Crippen molar-refractivity contribution in [2.24, 2.45) is 5.73 Å². The lowest BCUT2D eigenvalue weighted by molar-refractivity contribution is 0.354.